The van der Waals surface area contributed by atoms with Gasteiger partial charge in [-0.1, -0.05) is 6.92 Å². The maximum atomic E-state index is 4.48. The van der Waals surface area contributed by atoms with Crippen molar-refractivity contribution in [1.29, 1.82) is 0 Å². The molecule has 2 aromatic heterocycles. The number of nitrogens with one attached hydrogen (secondary N) is 1. The van der Waals surface area contributed by atoms with Crippen LogP contribution in [0.2, 0.25) is 0 Å². The molecule has 0 amide bonds. The fourth-order valence-electron chi connectivity index (χ4n) is 1.25. The molecule has 0 aliphatic carbocycles. The molecular weight excluding hydrogens is 226 g/mol. The fraction of sp³-hybridized carbons (Fsp3) is 0.400. The van der Waals surface area contributed by atoms with Crippen LogP contribution in [-0.2, 0) is 0 Å². The van der Waals surface area contributed by atoms with Crippen LogP contribution in [0.3, 0.4) is 0 Å². The van der Waals surface area contributed by atoms with Crippen LogP contribution < -0.4 is 5.32 Å². The summed E-state index contributed by atoms with van der Waals surface area (Å²) in [6.45, 7) is 2.18. The first-order valence-electron chi connectivity index (χ1n) is 4.91. The second kappa shape index (κ2) is 4.81. The highest BCUT2D eigenvalue weighted by molar-refractivity contribution is 7.99. The van der Waals surface area contributed by atoms with E-state index in [9.17, 15) is 0 Å². The van der Waals surface area contributed by atoms with E-state index in [0.29, 0.717) is 5.95 Å². The molecule has 80 valence electrons. The van der Waals surface area contributed by atoms with E-state index < -0.39 is 0 Å². The Labute approximate surface area is 97.3 Å². The van der Waals surface area contributed by atoms with Gasteiger partial charge in [-0.3, -0.25) is 0 Å². The van der Waals surface area contributed by atoms with Crippen molar-refractivity contribution in [2.45, 2.75) is 18.4 Å². The summed E-state index contributed by atoms with van der Waals surface area (Å²) in [5.74, 6) is 1.81. The van der Waals surface area contributed by atoms with Gasteiger partial charge in [-0.05, 0) is 23.6 Å². The second-order valence-corrected chi connectivity index (χ2v) is 5.07. The Morgan fingerprint density at radius 1 is 1.47 bits per heavy atom. The molecular formula is C10H13N3S2. The van der Waals surface area contributed by atoms with Gasteiger partial charge in [0.1, 0.15) is 9.86 Å². The van der Waals surface area contributed by atoms with E-state index >= 15 is 0 Å². The molecule has 0 bridgehead atoms. The van der Waals surface area contributed by atoms with Crippen molar-refractivity contribution in [3.63, 3.8) is 0 Å². The van der Waals surface area contributed by atoms with Crippen LogP contribution in [0.25, 0.3) is 10.2 Å². The molecule has 2 aromatic rings. The maximum absolute atomic E-state index is 4.48. The zero-order chi connectivity index (χ0) is 10.7. The number of thioether (sulfide) groups is 1. The molecule has 2 rings (SSSR count). The number of rotatable bonds is 4. The molecule has 15 heavy (non-hydrogen) atoms. The summed E-state index contributed by atoms with van der Waals surface area (Å²) in [6.07, 6.45) is 1.16. The zero-order valence-electron chi connectivity index (χ0n) is 8.78. The van der Waals surface area contributed by atoms with E-state index in [-0.39, 0.29) is 0 Å². The molecule has 0 aromatic carbocycles. The third-order valence-corrected chi connectivity index (χ3v) is 3.96. The van der Waals surface area contributed by atoms with Gasteiger partial charge in [-0.25, -0.2) is 9.97 Å². The number of thiophene rings is 1. The van der Waals surface area contributed by atoms with Crippen LogP contribution in [0.1, 0.15) is 13.3 Å². The zero-order valence-corrected chi connectivity index (χ0v) is 10.4. The van der Waals surface area contributed by atoms with Gasteiger partial charge in [0.05, 0.1) is 0 Å². The second-order valence-electron chi connectivity index (χ2n) is 3.09. The van der Waals surface area contributed by atoms with E-state index in [4.69, 9.17) is 0 Å². The van der Waals surface area contributed by atoms with E-state index in [1.54, 1.807) is 23.1 Å². The van der Waals surface area contributed by atoms with Crippen LogP contribution >= 0.6 is 23.1 Å². The molecule has 5 heteroatoms. The summed E-state index contributed by atoms with van der Waals surface area (Å²) in [5, 5.41) is 7.33. The normalized spacial score (nSPS) is 10.8. The van der Waals surface area contributed by atoms with Crippen LogP contribution in [0.4, 0.5) is 5.95 Å². The molecule has 0 unspecified atom stereocenters. The third-order valence-electron chi connectivity index (χ3n) is 1.96. The van der Waals surface area contributed by atoms with Crippen LogP contribution in [-0.4, -0.2) is 22.8 Å². The van der Waals surface area contributed by atoms with Crippen LogP contribution in [0, 0.1) is 0 Å². The maximum Gasteiger partial charge on any atom is 0.224 e. The lowest BCUT2D eigenvalue weighted by molar-refractivity contribution is 1.07. The molecule has 2 heterocycles. The lowest BCUT2D eigenvalue weighted by Crippen LogP contribution is -1.97. The predicted octanol–water partition coefficient (Wildman–Crippen LogP) is 3.24. The summed E-state index contributed by atoms with van der Waals surface area (Å²) in [4.78, 5) is 9.94. The van der Waals surface area contributed by atoms with Crippen molar-refractivity contribution in [3.05, 3.63) is 11.4 Å². The summed E-state index contributed by atoms with van der Waals surface area (Å²) >= 11 is 3.46. The number of hydrogen-bond acceptors (Lipinski definition) is 5. The monoisotopic (exact) mass is 239 g/mol. The van der Waals surface area contributed by atoms with Gasteiger partial charge >= 0.3 is 0 Å². The highest BCUT2D eigenvalue weighted by Gasteiger charge is 2.07. The topological polar surface area (TPSA) is 37.8 Å². The minimum atomic E-state index is 0.712. The van der Waals surface area contributed by atoms with Crippen molar-refractivity contribution in [1.82, 2.24) is 9.97 Å². The Balaban J connectivity index is 2.43. The molecule has 0 aliphatic rings. The molecule has 0 fully saturated rings. The first-order chi connectivity index (χ1) is 7.35. The average molecular weight is 239 g/mol. The van der Waals surface area contributed by atoms with E-state index in [1.165, 1.54) is 5.39 Å². The van der Waals surface area contributed by atoms with Gasteiger partial charge in [0.15, 0.2) is 0 Å². The van der Waals surface area contributed by atoms with Crippen molar-refractivity contribution in [2.24, 2.45) is 0 Å². The lowest BCUT2D eigenvalue weighted by Gasteiger charge is -2.04. The summed E-state index contributed by atoms with van der Waals surface area (Å²) in [7, 11) is 1.85. The molecule has 1 N–H and O–H groups in total. The Kier molecular flexibility index (Phi) is 3.43. The van der Waals surface area contributed by atoms with Gasteiger partial charge in [0.25, 0.3) is 0 Å². The van der Waals surface area contributed by atoms with Gasteiger partial charge in [-0.15, -0.1) is 23.1 Å². The third kappa shape index (κ3) is 2.23. The molecule has 3 nitrogen and oxygen atoms in total. The number of aromatic nitrogens is 2. The first-order valence-corrected chi connectivity index (χ1v) is 6.77. The SMILES string of the molecule is CCCSc1nc(NC)nc2sccc12. The minimum absolute atomic E-state index is 0.712. The van der Waals surface area contributed by atoms with E-state index in [1.807, 2.05) is 7.05 Å². The smallest absolute Gasteiger partial charge is 0.224 e. The van der Waals surface area contributed by atoms with Crippen molar-refractivity contribution in [2.75, 3.05) is 18.1 Å². The van der Waals surface area contributed by atoms with E-state index in [0.717, 1.165) is 22.0 Å². The van der Waals surface area contributed by atoms with Crippen LogP contribution in [0.15, 0.2) is 16.5 Å². The fourth-order valence-corrected chi connectivity index (χ4v) is 2.95. The number of anilines is 1. The van der Waals surface area contributed by atoms with Gasteiger partial charge in [0, 0.05) is 12.4 Å². The van der Waals surface area contributed by atoms with Gasteiger partial charge in [-0.2, -0.15) is 0 Å². The Hall–Kier alpha value is -0.810. The molecule has 0 saturated carbocycles. The van der Waals surface area contributed by atoms with Gasteiger partial charge in [0.2, 0.25) is 5.95 Å². The molecule has 0 atom stereocenters. The van der Waals surface area contributed by atoms with Crippen molar-refractivity contribution < 1.29 is 0 Å². The Morgan fingerprint density at radius 2 is 2.33 bits per heavy atom. The number of nitrogens with zero attached hydrogens (tertiary/aromatic N) is 2. The first kappa shape index (κ1) is 10.7. The Bertz CT molecular complexity index is 453. The molecule has 0 radical (unpaired) electrons. The van der Waals surface area contributed by atoms with Crippen molar-refractivity contribution >= 4 is 39.3 Å². The van der Waals surface area contributed by atoms with Crippen molar-refractivity contribution in [3.8, 4) is 0 Å². The summed E-state index contributed by atoms with van der Waals surface area (Å²) in [6, 6.07) is 2.09. The quantitative estimate of drug-likeness (QED) is 0.656. The predicted molar refractivity (Wildman–Crippen MR) is 68.0 cm³/mol. The highest BCUT2D eigenvalue weighted by atomic mass is 32.2. The summed E-state index contributed by atoms with van der Waals surface area (Å²) < 4.78 is 0. The molecule has 0 saturated heterocycles. The standard InChI is InChI=1S/C10H13N3S2/c1-3-5-14-8-7-4-6-15-9(7)13-10(11-2)12-8/h4,6H,3,5H2,1-2H3,(H,11,12,13). The average Bonchev–Trinajstić information content (AvgIpc) is 2.73. The Morgan fingerprint density at radius 3 is 3.07 bits per heavy atom. The molecule has 0 spiro atoms. The highest BCUT2D eigenvalue weighted by Crippen LogP contribution is 2.29. The van der Waals surface area contributed by atoms with E-state index in [2.05, 4.69) is 33.7 Å². The minimum Gasteiger partial charge on any atom is -0.357 e. The lowest BCUT2D eigenvalue weighted by atomic mass is 10.4. The molecule has 0 aliphatic heterocycles. The largest absolute Gasteiger partial charge is 0.357 e. The number of hydrogen-bond donors (Lipinski definition) is 1. The summed E-state index contributed by atoms with van der Waals surface area (Å²) in [5.41, 5.74) is 0. The van der Waals surface area contributed by atoms with Gasteiger partial charge < -0.3 is 5.32 Å². The number of fused-ring (bicyclic) bond motifs is 1. The van der Waals surface area contributed by atoms with Crippen LogP contribution in [0.5, 0.6) is 0 Å².